The number of allylic oxidation sites excluding steroid dienone is 6. The summed E-state index contributed by atoms with van der Waals surface area (Å²) < 4.78 is 32.7. The van der Waals surface area contributed by atoms with Crippen LogP contribution in [0.15, 0.2) is 182 Å². The van der Waals surface area contributed by atoms with Crippen LogP contribution in [0.2, 0.25) is 0 Å². The lowest BCUT2D eigenvalue weighted by molar-refractivity contribution is -0.140. The largest absolute Gasteiger partial charge is 0.490 e. The van der Waals surface area contributed by atoms with E-state index in [0.29, 0.717) is 99.6 Å². The summed E-state index contributed by atoms with van der Waals surface area (Å²) in [6.07, 6.45) is 11.7. The first kappa shape index (κ1) is 59.3. The number of nitrogens with zero attached hydrogens (tertiary/aromatic N) is 1. The highest BCUT2D eigenvalue weighted by atomic mass is 16.6. The van der Waals surface area contributed by atoms with Crippen LogP contribution in [-0.2, 0) is 61.5 Å². The van der Waals surface area contributed by atoms with Gasteiger partial charge in [-0.2, -0.15) is 0 Å². The van der Waals surface area contributed by atoms with Gasteiger partial charge in [0.2, 0.25) is 5.91 Å². The van der Waals surface area contributed by atoms with Crippen LogP contribution < -0.4 is 20.5 Å². The molecule has 14 nitrogen and oxygen atoms in total. The Labute approximate surface area is 430 Å². The maximum absolute atomic E-state index is 13.9. The summed E-state index contributed by atoms with van der Waals surface area (Å²) in [6.45, 7) is 19.4. The number of hydrogen-bond donors (Lipinski definition) is 2. The standard InChI is InChI=1S/C47H59N3O9.C12H12O2/c1-36(2)45(53)57-32-30-55-41-19-15-39(16-20-41)47(5,40-17-21-42(22-18-40)56-31-33-58-46(54)37(3)4)24-23-44(52)50(28-10-25-48)29-11-27-49-26-9-14-43(34-51)59-35-38-12-7-6-8-13-38;1-2-6-12(9-13)14-10-11-7-4-3-5-8-11/h6-9,12-22,26,34,49H,1,3,10-11,23-25,27-33,35,48H2,2,4-5H3;2-9H,1,10H2/b26-9-,43-14+;12-6+. The third kappa shape index (κ3) is 23.2. The van der Waals surface area contributed by atoms with Gasteiger partial charge in [0.15, 0.2) is 24.1 Å². The van der Waals surface area contributed by atoms with Crippen molar-refractivity contribution in [2.75, 3.05) is 52.6 Å². The molecule has 0 radical (unpaired) electrons. The Bertz CT molecular complexity index is 2350. The van der Waals surface area contributed by atoms with E-state index in [9.17, 15) is 24.0 Å². The van der Waals surface area contributed by atoms with Crippen LogP contribution in [-0.4, -0.2) is 87.9 Å². The fraction of sp³-hybridized carbons (Fsp3) is 0.305. The minimum absolute atomic E-state index is 0.0304. The molecule has 0 saturated carbocycles. The number of nitrogens with two attached hydrogens (primary N) is 1. The number of carbonyl (C=O) groups excluding carboxylic acids is 5. The first-order valence-electron chi connectivity index (χ1n) is 24.1. The number of amides is 1. The fourth-order valence-electron chi connectivity index (χ4n) is 6.79. The minimum Gasteiger partial charge on any atom is -0.490 e. The molecular formula is C59H71N3O11. The molecule has 73 heavy (non-hydrogen) atoms. The zero-order valence-corrected chi connectivity index (χ0v) is 42.5. The van der Waals surface area contributed by atoms with Crippen molar-refractivity contribution >= 4 is 30.4 Å². The summed E-state index contributed by atoms with van der Waals surface area (Å²) in [5.74, 6) is 0.847. The molecule has 0 bridgehead atoms. The predicted molar refractivity (Wildman–Crippen MR) is 284 cm³/mol. The van der Waals surface area contributed by atoms with Crippen molar-refractivity contribution in [3.05, 3.63) is 204 Å². The average Bonchev–Trinajstić information content (AvgIpc) is 3.41. The normalized spacial score (nSPS) is 11.2. The third-order valence-corrected chi connectivity index (χ3v) is 10.9. The lowest BCUT2D eigenvalue weighted by Crippen LogP contribution is -2.36. The minimum atomic E-state index is -0.578. The molecule has 4 rings (SSSR count). The Hall–Kier alpha value is -7.97. The summed E-state index contributed by atoms with van der Waals surface area (Å²) >= 11 is 0. The Morgan fingerprint density at radius 1 is 0.644 bits per heavy atom. The quantitative estimate of drug-likeness (QED) is 0.0115. The monoisotopic (exact) mass is 998 g/mol. The highest BCUT2D eigenvalue weighted by Gasteiger charge is 2.31. The van der Waals surface area contributed by atoms with Crippen molar-refractivity contribution in [2.45, 2.75) is 65.1 Å². The zero-order valence-electron chi connectivity index (χ0n) is 42.5. The van der Waals surface area contributed by atoms with E-state index in [0.717, 1.165) is 22.3 Å². The number of nitrogens with one attached hydrogen (secondary N) is 1. The first-order valence-corrected chi connectivity index (χ1v) is 24.1. The van der Waals surface area contributed by atoms with Crippen LogP contribution in [0.3, 0.4) is 0 Å². The van der Waals surface area contributed by atoms with Gasteiger partial charge in [-0.15, -0.1) is 0 Å². The van der Waals surface area contributed by atoms with Crippen LogP contribution in [0.25, 0.3) is 0 Å². The maximum atomic E-state index is 13.9. The van der Waals surface area contributed by atoms with Gasteiger partial charge in [0.25, 0.3) is 0 Å². The lowest BCUT2D eigenvalue weighted by Gasteiger charge is -2.32. The number of rotatable bonds is 33. The van der Waals surface area contributed by atoms with E-state index in [1.807, 2.05) is 114 Å². The highest BCUT2D eigenvalue weighted by Crippen LogP contribution is 2.38. The lowest BCUT2D eigenvalue weighted by atomic mass is 9.73. The second-order valence-corrected chi connectivity index (χ2v) is 16.8. The Morgan fingerprint density at radius 2 is 1.11 bits per heavy atom. The van der Waals surface area contributed by atoms with E-state index in [2.05, 4.69) is 32.0 Å². The Balaban J connectivity index is 0.000000861. The molecule has 4 aromatic carbocycles. The van der Waals surface area contributed by atoms with Crippen molar-refractivity contribution in [3.8, 4) is 11.5 Å². The van der Waals surface area contributed by atoms with Crippen molar-refractivity contribution in [1.29, 1.82) is 0 Å². The summed E-state index contributed by atoms with van der Waals surface area (Å²) in [6, 6.07) is 34.7. The van der Waals surface area contributed by atoms with Crippen LogP contribution in [0, 0.1) is 0 Å². The van der Waals surface area contributed by atoms with Gasteiger partial charge in [-0.1, -0.05) is 118 Å². The number of hydrogen-bond acceptors (Lipinski definition) is 13. The van der Waals surface area contributed by atoms with Crippen molar-refractivity contribution in [1.82, 2.24) is 10.2 Å². The van der Waals surface area contributed by atoms with E-state index in [-0.39, 0.29) is 44.5 Å². The van der Waals surface area contributed by atoms with Gasteiger partial charge in [0, 0.05) is 42.6 Å². The molecule has 4 aromatic rings. The van der Waals surface area contributed by atoms with E-state index in [1.165, 1.54) is 12.2 Å². The van der Waals surface area contributed by atoms with Crippen LogP contribution in [0.5, 0.6) is 11.5 Å². The molecule has 0 heterocycles. The molecule has 14 heteroatoms. The van der Waals surface area contributed by atoms with Gasteiger partial charge in [0.1, 0.15) is 51.1 Å². The van der Waals surface area contributed by atoms with E-state index in [1.54, 1.807) is 32.2 Å². The summed E-state index contributed by atoms with van der Waals surface area (Å²) in [4.78, 5) is 61.0. The topological polar surface area (TPSA) is 182 Å². The smallest absolute Gasteiger partial charge is 0.333 e. The molecule has 0 atom stereocenters. The fourth-order valence-corrected chi connectivity index (χ4v) is 6.79. The van der Waals surface area contributed by atoms with Crippen LogP contribution >= 0.6 is 0 Å². The molecule has 0 aliphatic rings. The summed E-state index contributed by atoms with van der Waals surface area (Å²) in [5.41, 5.74) is 9.88. The summed E-state index contributed by atoms with van der Waals surface area (Å²) in [7, 11) is 0. The molecule has 0 unspecified atom stereocenters. The van der Waals surface area contributed by atoms with E-state index >= 15 is 0 Å². The third-order valence-electron chi connectivity index (χ3n) is 10.9. The van der Waals surface area contributed by atoms with E-state index < -0.39 is 17.4 Å². The molecular weight excluding hydrogens is 927 g/mol. The van der Waals surface area contributed by atoms with Crippen molar-refractivity contribution in [3.63, 3.8) is 0 Å². The molecule has 0 aliphatic heterocycles. The predicted octanol–water partition coefficient (Wildman–Crippen LogP) is 9.21. The molecule has 0 spiro atoms. The second kappa shape index (κ2) is 34.4. The highest BCUT2D eigenvalue weighted by molar-refractivity contribution is 5.87. The Morgan fingerprint density at radius 3 is 1.55 bits per heavy atom. The van der Waals surface area contributed by atoms with Gasteiger partial charge in [-0.05, 0) is 111 Å². The van der Waals surface area contributed by atoms with Crippen molar-refractivity contribution < 1.29 is 52.4 Å². The van der Waals surface area contributed by atoms with Crippen LogP contribution in [0.4, 0.5) is 0 Å². The number of carbonyl (C=O) groups is 5. The van der Waals surface area contributed by atoms with Gasteiger partial charge in [-0.3, -0.25) is 14.4 Å². The molecule has 0 fully saturated rings. The number of aldehydes is 2. The molecule has 0 saturated heterocycles. The SMILES string of the molecule is C=C(C)C(=O)OCCOc1ccc(C(C)(CCC(=O)N(CCCN)CCCN/C=C\C=C(/C=O)OCc2ccccc2)c2ccc(OCCOC(=O)C(=C)C)cc2)cc1.C=C/C=C(\C=O)OCc1ccccc1. The van der Waals surface area contributed by atoms with Gasteiger partial charge >= 0.3 is 11.9 Å². The maximum Gasteiger partial charge on any atom is 0.333 e. The molecule has 0 aliphatic carbocycles. The molecule has 1 amide bonds. The van der Waals surface area contributed by atoms with Gasteiger partial charge in [-0.25, -0.2) is 9.59 Å². The molecule has 3 N–H and O–H groups in total. The van der Waals surface area contributed by atoms with Crippen LogP contribution in [0.1, 0.15) is 68.7 Å². The number of esters is 2. The van der Waals surface area contributed by atoms with Crippen molar-refractivity contribution in [2.24, 2.45) is 5.73 Å². The average molecular weight is 998 g/mol. The number of benzene rings is 4. The zero-order chi connectivity index (χ0) is 53.1. The number of ether oxygens (including phenoxy) is 6. The van der Waals surface area contributed by atoms with Gasteiger partial charge in [0.05, 0.1) is 0 Å². The first-order chi connectivity index (χ1) is 35.3. The van der Waals surface area contributed by atoms with Gasteiger partial charge < -0.3 is 44.4 Å². The Kier molecular flexibility index (Phi) is 27.9. The molecule has 0 aromatic heterocycles. The van der Waals surface area contributed by atoms with E-state index in [4.69, 9.17) is 34.2 Å². The molecule has 388 valence electrons. The second-order valence-electron chi connectivity index (χ2n) is 16.8. The summed E-state index contributed by atoms with van der Waals surface area (Å²) in [5, 5.41) is 3.22.